The van der Waals surface area contributed by atoms with Crippen LogP contribution in [0.2, 0.25) is 0 Å². The van der Waals surface area contributed by atoms with E-state index in [4.69, 9.17) is 0 Å². The number of hydrogen-bond acceptors (Lipinski definition) is 3. The Balaban J connectivity index is 1.68. The summed E-state index contributed by atoms with van der Waals surface area (Å²) in [5.41, 5.74) is 0. The number of aliphatic imine (C=N–C) groups is 1. The molecule has 0 saturated carbocycles. The average molecular weight is 292 g/mol. The van der Waals surface area contributed by atoms with Crippen LogP contribution in [-0.4, -0.2) is 52.3 Å². The molecule has 1 N–H and O–H groups in total. The highest BCUT2D eigenvalue weighted by atomic mass is 15.3. The predicted molar refractivity (Wildman–Crippen MR) is 85.1 cm³/mol. The minimum absolute atomic E-state index is 0.751. The minimum atomic E-state index is 0.751. The molecule has 118 valence electrons. The Bertz CT molecular complexity index is 417. The molecule has 2 heterocycles. The van der Waals surface area contributed by atoms with Crippen LogP contribution in [0.4, 0.5) is 0 Å². The zero-order chi connectivity index (χ0) is 15.1. The lowest BCUT2D eigenvalue weighted by Crippen LogP contribution is -2.48. The second kappa shape index (κ2) is 8.00. The molecule has 1 aromatic rings. The maximum Gasteiger partial charge on any atom is 0.193 e. The molecular weight excluding hydrogens is 264 g/mol. The van der Waals surface area contributed by atoms with Gasteiger partial charge in [-0.2, -0.15) is 0 Å². The van der Waals surface area contributed by atoms with Crippen LogP contribution in [0.15, 0.2) is 17.6 Å². The summed E-state index contributed by atoms with van der Waals surface area (Å²) in [6.45, 7) is 8.83. The second-order valence-electron chi connectivity index (χ2n) is 6.23. The third kappa shape index (κ3) is 5.02. The highest BCUT2D eigenvalue weighted by Gasteiger charge is 2.23. The van der Waals surface area contributed by atoms with Gasteiger partial charge in [-0.15, -0.1) is 10.2 Å². The van der Waals surface area contributed by atoms with Gasteiger partial charge in [-0.1, -0.05) is 13.8 Å². The molecule has 2 rings (SSSR count). The summed E-state index contributed by atoms with van der Waals surface area (Å²) in [6.07, 6.45) is 7.10. The van der Waals surface area contributed by atoms with Crippen LogP contribution < -0.4 is 5.32 Å². The number of rotatable bonds is 5. The van der Waals surface area contributed by atoms with Crippen molar-refractivity contribution in [3.05, 3.63) is 12.7 Å². The monoisotopic (exact) mass is 292 g/mol. The first-order valence-electron chi connectivity index (χ1n) is 7.97. The molecule has 0 aliphatic carbocycles. The number of piperidine rings is 1. The number of likely N-dealkylation sites (tertiary alicyclic amines) is 1. The molecule has 1 saturated heterocycles. The molecule has 2 unspecified atom stereocenters. The van der Waals surface area contributed by atoms with Crippen molar-refractivity contribution in [2.45, 2.75) is 39.7 Å². The third-order valence-corrected chi connectivity index (χ3v) is 3.97. The van der Waals surface area contributed by atoms with Crippen molar-refractivity contribution in [3.63, 3.8) is 0 Å². The number of nitrogens with zero attached hydrogens (tertiary/aromatic N) is 5. The molecule has 2 atom stereocenters. The summed E-state index contributed by atoms with van der Waals surface area (Å²) in [5, 5.41) is 11.1. The Morgan fingerprint density at radius 1 is 1.19 bits per heavy atom. The molecule has 1 fully saturated rings. The zero-order valence-electron chi connectivity index (χ0n) is 13.5. The topological polar surface area (TPSA) is 58.3 Å². The van der Waals surface area contributed by atoms with E-state index >= 15 is 0 Å². The Kier molecular flexibility index (Phi) is 6.02. The highest BCUT2D eigenvalue weighted by molar-refractivity contribution is 5.79. The third-order valence-electron chi connectivity index (χ3n) is 3.97. The average Bonchev–Trinajstić information content (AvgIpc) is 2.95. The van der Waals surface area contributed by atoms with Gasteiger partial charge in [0.15, 0.2) is 5.96 Å². The summed E-state index contributed by atoms with van der Waals surface area (Å²) < 4.78 is 2.02. The Labute approximate surface area is 127 Å². The first kappa shape index (κ1) is 15.8. The molecule has 0 spiro atoms. The lowest BCUT2D eigenvalue weighted by Gasteiger charge is -2.37. The molecular formula is C15H28N6. The molecule has 1 aliphatic rings. The smallest absolute Gasteiger partial charge is 0.193 e. The fraction of sp³-hybridized carbons (Fsp3) is 0.800. The summed E-state index contributed by atoms with van der Waals surface area (Å²) in [7, 11) is 1.88. The van der Waals surface area contributed by atoms with Gasteiger partial charge >= 0.3 is 0 Å². The lowest BCUT2D eigenvalue weighted by atomic mass is 9.92. The van der Waals surface area contributed by atoms with E-state index in [9.17, 15) is 0 Å². The zero-order valence-corrected chi connectivity index (χ0v) is 13.5. The fourth-order valence-electron chi connectivity index (χ4n) is 3.13. The quantitative estimate of drug-likeness (QED) is 0.509. The molecule has 6 heteroatoms. The summed E-state index contributed by atoms with van der Waals surface area (Å²) in [6, 6.07) is 0. The molecule has 0 amide bonds. The molecule has 6 nitrogen and oxygen atoms in total. The van der Waals surface area contributed by atoms with Gasteiger partial charge in [-0.05, 0) is 31.1 Å². The van der Waals surface area contributed by atoms with Crippen LogP contribution in [0, 0.1) is 11.8 Å². The van der Waals surface area contributed by atoms with Crippen LogP contribution in [-0.2, 0) is 6.54 Å². The Hall–Kier alpha value is -1.59. The summed E-state index contributed by atoms with van der Waals surface area (Å²) in [4.78, 5) is 6.84. The number of nitrogens with one attached hydrogen (secondary N) is 1. The van der Waals surface area contributed by atoms with Crippen molar-refractivity contribution >= 4 is 5.96 Å². The van der Waals surface area contributed by atoms with E-state index in [1.54, 1.807) is 12.7 Å². The summed E-state index contributed by atoms with van der Waals surface area (Å²) >= 11 is 0. The SMILES string of the molecule is CN=C(NCCCCn1cnnc1)N1CC(C)CC(C)C1. The Morgan fingerprint density at radius 3 is 2.48 bits per heavy atom. The largest absolute Gasteiger partial charge is 0.356 e. The van der Waals surface area contributed by atoms with Gasteiger partial charge in [0.25, 0.3) is 0 Å². The predicted octanol–water partition coefficient (Wildman–Crippen LogP) is 1.61. The number of unbranched alkanes of at least 4 members (excludes halogenated alkanes) is 1. The van der Waals surface area contributed by atoms with E-state index in [1.807, 2.05) is 11.6 Å². The van der Waals surface area contributed by atoms with Crippen molar-refractivity contribution < 1.29 is 0 Å². The fourth-order valence-corrected chi connectivity index (χ4v) is 3.13. The van der Waals surface area contributed by atoms with Crippen molar-refractivity contribution in [2.75, 3.05) is 26.7 Å². The van der Waals surface area contributed by atoms with E-state index in [0.29, 0.717) is 0 Å². The Morgan fingerprint density at radius 2 is 1.86 bits per heavy atom. The van der Waals surface area contributed by atoms with Gasteiger partial charge in [0.2, 0.25) is 0 Å². The number of hydrogen-bond donors (Lipinski definition) is 1. The minimum Gasteiger partial charge on any atom is -0.356 e. The van der Waals surface area contributed by atoms with Gasteiger partial charge in [0, 0.05) is 33.2 Å². The van der Waals surface area contributed by atoms with Crippen molar-refractivity contribution in [1.29, 1.82) is 0 Å². The molecule has 1 aliphatic heterocycles. The maximum atomic E-state index is 4.43. The normalized spacial score (nSPS) is 23.4. The van der Waals surface area contributed by atoms with Crippen LogP contribution >= 0.6 is 0 Å². The van der Waals surface area contributed by atoms with Gasteiger partial charge in [0.05, 0.1) is 0 Å². The van der Waals surface area contributed by atoms with Gasteiger partial charge in [-0.25, -0.2) is 0 Å². The highest BCUT2D eigenvalue weighted by Crippen LogP contribution is 2.20. The van der Waals surface area contributed by atoms with Gasteiger partial charge in [0.1, 0.15) is 12.7 Å². The first-order chi connectivity index (χ1) is 10.2. The second-order valence-corrected chi connectivity index (χ2v) is 6.23. The number of guanidine groups is 1. The van der Waals surface area contributed by atoms with Crippen LogP contribution in [0.5, 0.6) is 0 Å². The molecule has 0 aromatic carbocycles. The van der Waals surface area contributed by atoms with Crippen LogP contribution in [0.1, 0.15) is 33.1 Å². The molecule has 1 aromatic heterocycles. The maximum absolute atomic E-state index is 4.43. The molecule has 21 heavy (non-hydrogen) atoms. The number of aryl methyl sites for hydroxylation is 1. The van der Waals surface area contributed by atoms with Crippen LogP contribution in [0.25, 0.3) is 0 Å². The van der Waals surface area contributed by atoms with Crippen LogP contribution in [0.3, 0.4) is 0 Å². The van der Waals surface area contributed by atoms with Crippen molar-refractivity contribution in [1.82, 2.24) is 25.0 Å². The molecule has 0 radical (unpaired) electrons. The lowest BCUT2D eigenvalue weighted by molar-refractivity contribution is 0.208. The van der Waals surface area contributed by atoms with E-state index in [0.717, 1.165) is 56.8 Å². The van der Waals surface area contributed by atoms with E-state index in [1.165, 1.54) is 6.42 Å². The van der Waals surface area contributed by atoms with E-state index in [-0.39, 0.29) is 0 Å². The first-order valence-corrected chi connectivity index (χ1v) is 7.97. The van der Waals surface area contributed by atoms with Gasteiger partial charge < -0.3 is 14.8 Å². The van der Waals surface area contributed by atoms with Crippen molar-refractivity contribution in [3.8, 4) is 0 Å². The standard InChI is InChI=1S/C15H28N6/c1-13-8-14(2)10-21(9-13)15(16-3)17-6-4-5-7-20-11-18-19-12-20/h11-14H,4-10H2,1-3H3,(H,16,17). The number of aromatic nitrogens is 3. The van der Waals surface area contributed by atoms with Gasteiger partial charge in [-0.3, -0.25) is 4.99 Å². The van der Waals surface area contributed by atoms with E-state index < -0.39 is 0 Å². The molecule has 0 bridgehead atoms. The summed E-state index contributed by atoms with van der Waals surface area (Å²) in [5.74, 6) is 2.56. The van der Waals surface area contributed by atoms with Crippen molar-refractivity contribution in [2.24, 2.45) is 16.8 Å². The van der Waals surface area contributed by atoms with E-state index in [2.05, 4.69) is 39.3 Å².